The third-order valence-electron chi connectivity index (χ3n) is 3.63. The quantitative estimate of drug-likeness (QED) is 0.860. The molecular formula is C14H16Cl2N3OS2+. The smallest absolute Gasteiger partial charge is 0.259 e. The summed E-state index contributed by atoms with van der Waals surface area (Å²) in [6.45, 7) is 5.50. The highest BCUT2D eigenvalue weighted by atomic mass is 35.5. The summed E-state index contributed by atoms with van der Waals surface area (Å²) in [6, 6.07) is 1.59. The van der Waals surface area contributed by atoms with E-state index in [-0.39, 0.29) is 5.91 Å². The van der Waals surface area contributed by atoms with E-state index in [1.54, 1.807) is 22.3 Å². The Balaban J connectivity index is 1.72. The zero-order chi connectivity index (χ0) is 15.7. The molecule has 0 saturated heterocycles. The zero-order valence-electron chi connectivity index (χ0n) is 12.0. The minimum atomic E-state index is -0.253. The van der Waals surface area contributed by atoms with Gasteiger partial charge in [0.1, 0.15) is 10.9 Å². The van der Waals surface area contributed by atoms with Crippen LogP contribution in [0.2, 0.25) is 8.67 Å². The minimum Gasteiger partial charge on any atom is -0.330 e. The Morgan fingerprint density at radius 3 is 2.95 bits per heavy atom. The molecule has 0 aromatic carbocycles. The SMILES string of the molecule is CCC[NH+]1CCc2nc(NC(=O)c3cc(Cl)sc3Cl)sc2C1. The molecule has 3 rings (SSSR count). The van der Waals surface area contributed by atoms with Crippen LogP contribution in [0, 0.1) is 0 Å². The fourth-order valence-corrected chi connectivity index (χ4v) is 5.14. The minimum absolute atomic E-state index is 0.253. The molecule has 2 aromatic heterocycles. The number of thiophene rings is 1. The highest BCUT2D eigenvalue weighted by Crippen LogP contribution is 2.32. The van der Waals surface area contributed by atoms with E-state index in [0.29, 0.717) is 19.4 Å². The summed E-state index contributed by atoms with van der Waals surface area (Å²) < 4.78 is 0.912. The van der Waals surface area contributed by atoms with Crippen molar-refractivity contribution in [2.24, 2.45) is 0 Å². The van der Waals surface area contributed by atoms with Crippen LogP contribution in [-0.4, -0.2) is 24.0 Å². The second kappa shape index (κ2) is 6.84. The van der Waals surface area contributed by atoms with Crippen molar-refractivity contribution < 1.29 is 9.69 Å². The number of halogens is 2. The van der Waals surface area contributed by atoms with Crippen molar-refractivity contribution in [3.05, 3.63) is 30.9 Å². The largest absolute Gasteiger partial charge is 0.330 e. The van der Waals surface area contributed by atoms with Gasteiger partial charge in [-0.05, 0) is 12.5 Å². The number of amides is 1. The molecule has 118 valence electrons. The molecule has 0 radical (unpaired) electrons. The molecule has 2 N–H and O–H groups in total. The van der Waals surface area contributed by atoms with Gasteiger partial charge < -0.3 is 4.90 Å². The molecule has 4 nitrogen and oxygen atoms in total. The first-order chi connectivity index (χ1) is 10.6. The lowest BCUT2D eigenvalue weighted by Gasteiger charge is -2.22. The van der Waals surface area contributed by atoms with E-state index in [1.165, 1.54) is 29.2 Å². The van der Waals surface area contributed by atoms with Gasteiger partial charge in [-0.3, -0.25) is 10.1 Å². The summed E-state index contributed by atoms with van der Waals surface area (Å²) in [5, 5.41) is 3.48. The van der Waals surface area contributed by atoms with Gasteiger partial charge >= 0.3 is 0 Å². The second-order valence-corrected chi connectivity index (χ2v) is 8.63. The van der Waals surface area contributed by atoms with E-state index in [0.717, 1.165) is 25.2 Å². The number of hydrogen-bond acceptors (Lipinski definition) is 4. The molecule has 1 aliphatic heterocycles. The van der Waals surface area contributed by atoms with Crippen molar-refractivity contribution in [3.8, 4) is 0 Å². The van der Waals surface area contributed by atoms with Gasteiger partial charge in [0.15, 0.2) is 5.13 Å². The van der Waals surface area contributed by atoms with Gasteiger partial charge in [-0.1, -0.05) is 41.5 Å². The monoisotopic (exact) mass is 376 g/mol. The fourth-order valence-electron chi connectivity index (χ4n) is 2.61. The standard InChI is InChI=1S/C14H15Cl2N3OS2/c1-2-4-19-5-3-9-10(7-19)21-14(17-9)18-13(20)8-6-11(15)22-12(8)16/h6H,2-5,7H2,1H3,(H,17,18,20)/p+1. The second-order valence-electron chi connectivity index (χ2n) is 5.26. The highest BCUT2D eigenvalue weighted by molar-refractivity contribution is 7.20. The maximum atomic E-state index is 12.2. The first kappa shape index (κ1) is 16.2. The Kier molecular flexibility index (Phi) is 5.04. The lowest BCUT2D eigenvalue weighted by Crippen LogP contribution is -3.11. The van der Waals surface area contributed by atoms with Crippen LogP contribution in [0.25, 0.3) is 0 Å². The van der Waals surface area contributed by atoms with Crippen LogP contribution < -0.4 is 10.2 Å². The van der Waals surface area contributed by atoms with E-state index < -0.39 is 0 Å². The first-order valence-corrected chi connectivity index (χ1v) is 9.54. The van der Waals surface area contributed by atoms with Gasteiger partial charge in [0.25, 0.3) is 5.91 Å². The van der Waals surface area contributed by atoms with E-state index in [1.807, 2.05) is 0 Å². The number of rotatable bonds is 4. The Morgan fingerprint density at radius 1 is 1.45 bits per heavy atom. The summed E-state index contributed by atoms with van der Waals surface area (Å²) >= 11 is 14.6. The molecule has 1 atom stereocenters. The summed E-state index contributed by atoms with van der Waals surface area (Å²) in [7, 11) is 0. The molecule has 0 bridgehead atoms. The molecule has 0 fully saturated rings. The number of carbonyl (C=O) groups excluding carboxylic acids is 1. The molecule has 0 aliphatic carbocycles. The van der Waals surface area contributed by atoms with Crippen LogP contribution >= 0.6 is 45.9 Å². The number of thiazole rings is 1. The van der Waals surface area contributed by atoms with Crippen LogP contribution in [0.4, 0.5) is 5.13 Å². The Hall–Kier alpha value is -0.660. The molecule has 1 aliphatic rings. The number of quaternary nitrogens is 1. The van der Waals surface area contributed by atoms with Crippen molar-refractivity contribution in [2.45, 2.75) is 26.3 Å². The number of hydrogen-bond donors (Lipinski definition) is 2. The predicted octanol–water partition coefficient (Wildman–Crippen LogP) is 3.11. The normalized spacial score (nSPS) is 17.3. The molecule has 0 spiro atoms. The van der Waals surface area contributed by atoms with Crippen molar-refractivity contribution in [3.63, 3.8) is 0 Å². The molecule has 1 amide bonds. The maximum Gasteiger partial charge on any atom is 0.259 e. The lowest BCUT2D eigenvalue weighted by molar-refractivity contribution is -0.915. The van der Waals surface area contributed by atoms with Crippen LogP contribution in [0.15, 0.2) is 6.07 Å². The van der Waals surface area contributed by atoms with Crippen LogP contribution in [0.1, 0.15) is 34.3 Å². The third-order valence-corrected chi connectivity index (χ3v) is 6.13. The van der Waals surface area contributed by atoms with Gasteiger partial charge in [0.2, 0.25) is 0 Å². The average Bonchev–Trinajstić information content (AvgIpc) is 3.01. The summed E-state index contributed by atoms with van der Waals surface area (Å²) in [6.07, 6.45) is 2.16. The van der Waals surface area contributed by atoms with E-state index in [4.69, 9.17) is 23.2 Å². The molecule has 3 heterocycles. The Bertz CT molecular complexity index is 698. The molecule has 0 saturated carbocycles. The summed E-state index contributed by atoms with van der Waals surface area (Å²) in [4.78, 5) is 19.7. The first-order valence-electron chi connectivity index (χ1n) is 7.15. The Labute approximate surface area is 147 Å². The van der Waals surface area contributed by atoms with Gasteiger partial charge in [-0.15, -0.1) is 11.3 Å². The van der Waals surface area contributed by atoms with Crippen molar-refractivity contribution in [1.29, 1.82) is 0 Å². The predicted molar refractivity (Wildman–Crippen MR) is 92.8 cm³/mol. The van der Waals surface area contributed by atoms with Gasteiger partial charge in [0.05, 0.1) is 33.6 Å². The summed E-state index contributed by atoms with van der Waals surface area (Å²) in [5.41, 5.74) is 1.53. The molecule has 8 heteroatoms. The van der Waals surface area contributed by atoms with Crippen LogP contribution in [-0.2, 0) is 13.0 Å². The molecule has 2 aromatic rings. The van der Waals surface area contributed by atoms with E-state index >= 15 is 0 Å². The Morgan fingerprint density at radius 2 is 2.27 bits per heavy atom. The van der Waals surface area contributed by atoms with Gasteiger partial charge in [-0.2, -0.15) is 0 Å². The number of aromatic nitrogens is 1. The number of nitrogens with zero attached hydrogens (tertiary/aromatic N) is 1. The number of anilines is 1. The van der Waals surface area contributed by atoms with Crippen LogP contribution in [0.5, 0.6) is 0 Å². The molecule has 1 unspecified atom stereocenters. The fraction of sp³-hybridized carbons (Fsp3) is 0.429. The highest BCUT2D eigenvalue weighted by Gasteiger charge is 2.24. The van der Waals surface area contributed by atoms with Crippen molar-refractivity contribution in [2.75, 3.05) is 18.4 Å². The van der Waals surface area contributed by atoms with Gasteiger partial charge in [0, 0.05) is 6.42 Å². The van der Waals surface area contributed by atoms with Crippen LogP contribution in [0.3, 0.4) is 0 Å². The van der Waals surface area contributed by atoms with E-state index in [2.05, 4.69) is 17.2 Å². The van der Waals surface area contributed by atoms with Crippen molar-refractivity contribution >= 4 is 56.9 Å². The number of carbonyl (C=O) groups is 1. The molecular weight excluding hydrogens is 361 g/mol. The third kappa shape index (κ3) is 3.46. The number of nitrogens with one attached hydrogen (secondary N) is 2. The lowest BCUT2D eigenvalue weighted by atomic mass is 10.2. The average molecular weight is 377 g/mol. The molecule has 22 heavy (non-hydrogen) atoms. The topological polar surface area (TPSA) is 46.4 Å². The number of fused-ring (bicyclic) bond motifs is 1. The summed E-state index contributed by atoms with van der Waals surface area (Å²) in [5.74, 6) is -0.253. The maximum absolute atomic E-state index is 12.2. The van der Waals surface area contributed by atoms with Gasteiger partial charge in [-0.25, -0.2) is 4.98 Å². The zero-order valence-corrected chi connectivity index (χ0v) is 15.2. The van der Waals surface area contributed by atoms with Crippen molar-refractivity contribution in [1.82, 2.24) is 4.98 Å². The van der Waals surface area contributed by atoms with E-state index in [9.17, 15) is 4.79 Å².